The summed E-state index contributed by atoms with van der Waals surface area (Å²) in [5.74, 6) is 1.69. The molecule has 0 unspecified atom stereocenters. The zero-order chi connectivity index (χ0) is 13.0. The van der Waals surface area contributed by atoms with Gasteiger partial charge in [0.1, 0.15) is 11.5 Å². The first-order valence-electron chi connectivity index (χ1n) is 5.98. The van der Waals surface area contributed by atoms with Crippen LogP contribution in [0.3, 0.4) is 0 Å². The lowest BCUT2D eigenvalue weighted by molar-refractivity contribution is 0.482. The van der Waals surface area contributed by atoms with Gasteiger partial charge in [-0.05, 0) is 64.9 Å². The number of hydrogen-bond donors (Lipinski definition) is 1. The van der Waals surface area contributed by atoms with Crippen molar-refractivity contribution in [1.82, 2.24) is 0 Å². The van der Waals surface area contributed by atoms with Crippen LogP contribution in [0.25, 0.3) is 0 Å². The summed E-state index contributed by atoms with van der Waals surface area (Å²) in [7, 11) is 0. The van der Waals surface area contributed by atoms with Crippen LogP contribution < -0.4 is 10.5 Å². The normalized spacial score (nSPS) is 12.2. The quantitative estimate of drug-likeness (QED) is 0.822. The minimum atomic E-state index is 0.108. The van der Waals surface area contributed by atoms with Crippen molar-refractivity contribution in [1.29, 1.82) is 0 Å². The Balaban J connectivity index is 2.11. The van der Waals surface area contributed by atoms with Crippen LogP contribution in [0.1, 0.15) is 24.9 Å². The van der Waals surface area contributed by atoms with Gasteiger partial charge in [0.2, 0.25) is 0 Å². The smallest absolute Gasteiger partial charge is 0.128 e. The lowest BCUT2D eigenvalue weighted by Crippen LogP contribution is -2.07. The molecule has 0 aliphatic carbocycles. The molecule has 0 amide bonds. The number of hydrogen-bond acceptors (Lipinski definition) is 2. The van der Waals surface area contributed by atoms with E-state index < -0.39 is 0 Å². The predicted octanol–water partition coefficient (Wildman–Crippen LogP) is 4.49. The summed E-state index contributed by atoms with van der Waals surface area (Å²) in [5, 5.41) is 0. The summed E-state index contributed by atoms with van der Waals surface area (Å²) in [6.45, 7) is 2.08. The second-order valence-corrected chi connectivity index (χ2v) is 5.39. The number of halogens is 1. The second-order valence-electron chi connectivity index (χ2n) is 4.14. The lowest BCUT2D eigenvalue weighted by Gasteiger charge is -2.10. The van der Waals surface area contributed by atoms with E-state index in [0.29, 0.717) is 0 Å². The Morgan fingerprint density at radius 3 is 2.44 bits per heavy atom. The van der Waals surface area contributed by atoms with Gasteiger partial charge in [-0.25, -0.2) is 0 Å². The van der Waals surface area contributed by atoms with E-state index in [1.165, 1.54) is 0 Å². The molecule has 2 aromatic rings. The molecule has 2 rings (SSSR count). The second kappa shape index (κ2) is 6.20. The van der Waals surface area contributed by atoms with E-state index in [9.17, 15) is 0 Å². The predicted molar refractivity (Wildman–Crippen MR) is 82.9 cm³/mol. The van der Waals surface area contributed by atoms with Crippen LogP contribution in [0.4, 0.5) is 0 Å². The molecule has 3 heteroatoms. The molecule has 1 atom stereocenters. The van der Waals surface area contributed by atoms with Crippen LogP contribution in [0.15, 0.2) is 48.5 Å². The zero-order valence-corrected chi connectivity index (χ0v) is 12.4. The summed E-state index contributed by atoms with van der Waals surface area (Å²) < 4.78 is 6.94. The molecule has 0 saturated heterocycles. The van der Waals surface area contributed by atoms with Crippen molar-refractivity contribution < 1.29 is 4.74 Å². The van der Waals surface area contributed by atoms with E-state index in [2.05, 4.69) is 29.5 Å². The first-order chi connectivity index (χ1) is 8.69. The van der Waals surface area contributed by atoms with E-state index in [1.807, 2.05) is 48.5 Å². The van der Waals surface area contributed by atoms with Crippen molar-refractivity contribution in [3.63, 3.8) is 0 Å². The van der Waals surface area contributed by atoms with Crippen molar-refractivity contribution in [3.05, 3.63) is 57.7 Å². The molecule has 0 radical (unpaired) electrons. The SMILES string of the molecule is CC[C@H](N)c1ccc(Oc2cccc(I)c2)cc1. The van der Waals surface area contributed by atoms with E-state index in [0.717, 1.165) is 27.1 Å². The maximum atomic E-state index is 5.97. The Bertz CT molecular complexity index is 510. The van der Waals surface area contributed by atoms with Crippen molar-refractivity contribution in [2.75, 3.05) is 0 Å². The Hall–Kier alpha value is -1.07. The largest absolute Gasteiger partial charge is 0.457 e. The van der Waals surface area contributed by atoms with Crippen LogP contribution in [-0.4, -0.2) is 0 Å². The summed E-state index contributed by atoms with van der Waals surface area (Å²) >= 11 is 2.27. The minimum absolute atomic E-state index is 0.108. The summed E-state index contributed by atoms with van der Waals surface area (Å²) in [5.41, 5.74) is 7.12. The molecular formula is C15H16INO. The molecular weight excluding hydrogens is 337 g/mol. The van der Waals surface area contributed by atoms with Gasteiger partial charge in [-0.15, -0.1) is 0 Å². The number of rotatable bonds is 4. The molecule has 2 aromatic carbocycles. The van der Waals surface area contributed by atoms with E-state index >= 15 is 0 Å². The van der Waals surface area contributed by atoms with Crippen LogP contribution in [-0.2, 0) is 0 Å². The van der Waals surface area contributed by atoms with Crippen LogP contribution in [0, 0.1) is 3.57 Å². The molecule has 0 aliphatic heterocycles. The molecule has 2 nitrogen and oxygen atoms in total. The van der Waals surface area contributed by atoms with Gasteiger partial charge in [0.25, 0.3) is 0 Å². The molecule has 0 aliphatic rings. The molecule has 0 bridgehead atoms. The molecule has 0 fully saturated rings. The first-order valence-corrected chi connectivity index (χ1v) is 7.06. The Morgan fingerprint density at radius 1 is 1.11 bits per heavy atom. The topological polar surface area (TPSA) is 35.2 Å². The van der Waals surface area contributed by atoms with Crippen LogP contribution >= 0.6 is 22.6 Å². The fourth-order valence-corrected chi connectivity index (χ4v) is 2.20. The third-order valence-electron chi connectivity index (χ3n) is 2.78. The van der Waals surface area contributed by atoms with E-state index in [4.69, 9.17) is 10.5 Å². The fourth-order valence-electron chi connectivity index (χ4n) is 1.69. The molecule has 0 spiro atoms. The number of benzene rings is 2. The standard InChI is InChI=1S/C15H16INO/c1-2-15(17)11-6-8-13(9-7-11)18-14-5-3-4-12(16)10-14/h3-10,15H,2,17H2,1H3/t15-/m0/s1. The monoisotopic (exact) mass is 353 g/mol. The minimum Gasteiger partial charge on any atom is -0.457 e. The lowest BCUT2D eigenvalue weighted by atomic mass is 10.1. The summed E-state index contributed by atoms with van der Waals surface area (Å²) in [4.78, 5) is 0. The highest BCUT2D eigenvalue weighted by Crippen LogP contribution is 2.24. The third kappa shape index (κ3) is 3.46. The van der Waals surface area contributed by atoms with Gasteiger partial charge in [-0.1, -0.05) is 25.1 Å². The number of ether oxygens (including phenoxy) is 1. The Morgan fingerprint density at radius 2 is 1.83 bits per heavy atom. The highest BCUT2D eigenvalue weighted by molar-refractivity contribution is 14.1. The van der Waals surface area contributed by atoms with Crippen molar-refractivity contribution in [3.8, 4) is 11.5 Å². The van der Waals surface area contributed by atoms with Gasteiger partial charge in [-0.2, -0.15) is 0 Å². The average molecular weight is 353 g/mol. The highest BCUT2D eigenvalue weighted by atomic mass is 127. The van der Waals surface area contributed by atoms with E-state index in [1.54, 1.807) is 0 Å². The van der Waals surface area contributed by atoms with Gasteiger partial charge in [0, 0.05) is 9.61 Å². The fraction of sp³-hybridized carbons (Fsp3) is 0.200. The summed E-state index contributed by atoms with van der Waals surface area (Å²) in [6.07, 6.45) is 0.942. The van der Waals surface area contributed by atoms with Gasteiger partial charge in [0.05, 0.1) is 0 Å². The van der Waals surface area contributed by atoms with Gasteiger partial charge >= 0.3 is 0 Å². The first kappa shape index (κ1) is 13.4. The van der Waals surface area contributed by atoms with Crippen molar-refractivity contribution in [2.45, 2.75) is 19.4 Å². The molecule has 2 N–H and O–H groups in total. The van der Waals surface area contributed by atoms with Crippen LogP contribution in [0.5, 0.6) is 11.5 Å². The number of nitrogens with two attached hydrogens (primary N) is 1. The maximum Gasteiger partial charge on any atom is 0.128 e. The molecule has 0 aromatic heterocycles. The molecule has 0 heterocycles. The van der Waals surface area contributed by atoms with Gasteiger partial charge in [-0.3, -0.25) is 0 Å². The van der Waals surface area contributed by atoms with E-state index in [-0.39, 0.29) is 6.04 Å². The van der Waals surface area contributed by atoms with Crippen LogP contribution in [0.2, 0.25) is 0 Å². The molecule has 18 heavy (non-hydrogen) atoms. The Kier molecular flexibility index (Phi) is 4.60. The average Bonchev–Trinajstić information content (AvgIpc) is 2.39. The van der Waals surface area contributed by atoms with Crippen molar-refractivity contribution >= 4 is 22.6 Å². The molecule has 0 saturated carbocycles. The third-order valence-corrected chi connectivity index (χ3v) is 3.45. The van der Waals surface area contributed by atoms with Crippen molar-refractivity contribution in [2.24, 2.45) is 5.73 Å². The highest BCUT2D eigenvalue weighted by Gasteiger charge is 2.03. The van der Waals surface area contributed by atoms with Gasteiger partial charge < -0.3 is 10.5 Å². The zero-order valence-electron chi connectivity index (χ0n) is 10.3. The molecule has 94 valence electrons. The van der Waals surface area contributed by atoms with Gasteiger partial charge in [0.15, 0.2) is 0 Å². The maximum absolute atomic E-state index is 5.97. The summed E-state index contributed by atoms with van der Waals surface area (Å²) in [6, 6.07) is 16.1. The Labute approximate surface area is 121 Å².